The van der Waals surface area contributed by atoms with Gasteiger partial charge in [-0.05, 0) is 35.7 Å². The predicted octanol–water partition coefficient (Wildman–Crippen LogP) is 1.51. The van der Waals surface area contributed by atoms with Gasteiger partial charge >= 0.3 is 0 Å². The van der Waals surface area contributed by atoms with Crippen LogP contribution in [0.5, 0.6) is 5.75 Å². The van der Waals surface area contributed by atoms with E-state index in [1.54, 1.807) is 49.5 Å². The molecule has 1 aromatic carbocycles. The summed E-state index contributed by atoms with van der Waals surface area (Å²) in [5.41, 5.74) is 2.15. The Hall–Kier alpha value is -3.37. The van der Waals surface area contributed by atoms with E-state index in [-0.39, 0.29) is 29.4 Å². The number of nitrogens with zero attached hydrogens (tertiary/aromatic N) is 5. The Labute approximate surface area is 189 Å². The summed E-state index contributed by atoms with van der Waals surface area (Å²) in [7, 11) is 3.45. The van der Waals surface area contributed by atoms with Crippen molar-refractivity contribution < 1.29 is 14.2 Å². The molecule has 2 fully saturated rings. The molecule has 0 unspecified atom stereocenters. The van der Waals surface area contributed by atoms with Crippen molar-refractivity contribution in [3.63, 3.8) is 0 Å². The smallest absolute Gasteiger partial charge is 0.250 e. The van der Waals surface area contributed by atoms with Crippen LogP contribution in [0.25, 0.3) is 22.4 Å². The van der Waals surface area contributed by atoms with Gasteiger partial charge in [0.05, 0.1) is 31.5 Å². The number of morpholine rings is 1. The minimum absolute atomic E-state index is 0.000356. The van der Waals surface area contributed by atoms with Crippen molar-refractivity contribution in [3.8, 4) is 28.1 Å². The molecule has 172 valence electrons. The molecule has 2 aromatic heterocycles. The van der Waals surface area contributed by atoms with Crippen molar-refractivity contribution in [3.05, 3.63) is 53.1 Å². The third kappa shape index (κ3) is 4.07. The highest BCUT2D eigenvalue weighted by Gasteiger charge is 2.42. The quantitative estimate of drug-likeness (QED) is 0.614. The zero-order valence-electron chi connectivity index (χ0n) is 18.3. The fraction of sp³-hybridized carbons (Fsp3) is 0.391. The van der Waals surface area contributed by atoms with Crippen LogP contribution in [0, 0.1) is 0 Å². The van der Waals surface area contributed by atoms with Gasteiger partial charge in [0.15, 0.2) is 0 Å². The van der Waals surface area contributed by atoms with Crippen LogP contribution in [0.1, 0.15) is 6.42 Å². The van der Waals surface area contributed by atoms with Crippen LogP contribution in [0.3, 0.4) is 0 Å². The van der Waals surface area contributed by atoms with Gasteiger partial charge in [0.2, 0.25) is 5.95 Å². The molecular formula is C23H25FN6O3. The van der Waals surface area contributed by atoms with Gasteiger partial charge in [-0.25, -0.2) is 9.37 Å². The van der Waals surface area contributed by atoms with Gasteiger partial charge in [-0.1, -0.05) is 6.07 Å². The van der Waals surface area contributed by atoms with E-state index in [9.17, 15) is 14.3 Å². The van der Waals surface area contributed by atoms with Crippen molar-refractivity contribution >= 4 is 5.95 Å². The van der Waals surface area contributed by atoms with Crippen molar-refractivity contribution in [2.24, 2.45) is 7.05 Å². The second-order valence-corrected chi connectivity index (χ2v) is 8.61. The number of piperidine rings is 1. The Balaban J connectivity index is 1.36. The number of rotatable bonds is 4. The first kappa shape index (κ1) is 21.5. The summed E-state index contributed by atoms with van der Waals surface area (Å²) in [4.78, 5) is 18.0. The Morgan fingerprint density at radius 1 is 1.21 bits per heavy atom. The zero-order chi connectivity index (χ0) is 23.1. The lowest BCUT2D eigenvalue weighted by molar-refractivity contribution is -0.0176. The highest BCUT2D eigenvalue weighted by atomic mass is 19.1. The molecule has 0 radical (unpaired) electrons. The number of aryl methyl sites for hydroxylation is 1. The molecule has 4 atom stereocenters. The number of fused-ring (bicyclic) bond motifs is 2. The minimum atomic E-state index is -1.11. The maximum Gasteiger partial charge on any atom is 0.250 e. The van der Waals surface area contributed by atoms with Gasteiger partial charge in [0.1, 0.15) is 17.6 Å². The number of ether oxygens (including phenoxy) is 1. The molecule has 0 saturated carbocycles. The Bertz CT molecular complexity index is 1220. The Morgan fingerprint density at radius 3 is 2.76 bits per heavy atom. The molecule has 3 aromatic rings. The van der Waals surface area contributed by atoms with Crippen LogP contribution >= 0.6 is 0 Å². The summed E-state index contributed by atoms with van der Waals surface area (Å²) in [5, 5.41) is 22.3. The van der Waals surface area contributed by atoms with E-state index >= 15 is 0 Å². The monoisotopic (exact) mass is 452 g/mol. The van der Waals surface area contributed by atoms with Crippen molar-refractivity contribution in [2.75, 3.05) is 25.2 Å². The fourth-order valence-electron chi connectivity index (χ4n) is 4.48. The van der Waals surface area contributed by atoms with Gasteiger partial charge in [-0.2, -0.15) is 0 Å². The van der Waals surface area contributed by atoms with Crippen LogP contribution in [0.2, 0.25) is 0 Å². The molecule has 9 nitrogen and oxygen atoms in total. The van der Waals surface area contributed by atoms with E-state index in [1.807, 2.05) is 0 Å². The number of benzene rings is 1. The first-order valence-corrected chi connectivity index (χ1v) is 10.8. The van der Waals surface area contributed by atoms with E-state index in [0.29, 0.717) is 48.0 Å². The van der Waals surface area contributed by atoms with Crippen molar-refractivity contribution in [2.45, 2.75) is 30.7 Å². The van der Waals surface area contributed by atoms with E-state index in [1.165, 1.54) is 16.8 Å². The summed E-state index contributed by atoms with van der Waals surface area (Å²) in [6.07, 6.45) is 2.67. The SMILES string of the molecule is CN(c1ncc(-c2ccc(-c3ccn(C)c(=O)c3)cc2O)nn1)[C@@H]1C[C@H]2COC[C@H](N2)[C@@H]1F. The number of phenolic OH excluding ortho intramolecular Hbond substituents is 1. The van der Waals surface area contributed by atoms with Gasteiger partial charge < -0.3 is 24.6 Å². The van der Waals surface area contributed by atoms with Gasteiger partial charge in [0, 0.05) is 38.0 Å². The fourth-order valence-corrected chi connectivity index (χ4v) is 4.48. The van der Waals surface area contributed by atoms with Crippen LogP contribution in [-0.4, -0.2) is 69.4 Å². The molecule has 2 aliphatic rings. The first-order valence-electron chi connectivity index (χ1n) is 10.8. The van der Waals surface area contributed by atoms with E-state index in [2.05, 4.69) is 20.5 Å². The average molecular weight is 452 g/mol. The summed E-state index contributed by atoms with van der Waals surface area (Å²) in [6.45, 7) is 0.922. The Kier molecular flexibility index (Phi) is 5.55. The van der Waals surface area contributed by atoms with Gasteiger partial charge in [-0.15, -0.1) is 10.2 Å². The van der Waals surface area contributed by atoms with E-state index in [0.717, 1.165) is 0 Å². The molecule has 5 rings (SSSR count). The summed E-state index contributed by atoms with van der Waals surface area (Å²) < 4.78 is 21.9. The number of halogens is 1. The van der Waals surface area contributed by atoms with Crippen molar-refractivity contribution in [1.29, 1.82) is 0 Å². The zero-order valence-corrected chi connectivity index (χ0v) is 18.3. The Morgan fingerprint density at radius 2 is 2.03 bits per heavy atom. The molecule has 10 heteroatoms. The number of anilines is 1. The number of nitrogens with one attached hydrogen (secondary N) is 1. The maximum atomic E-state index is 15.0. The van der Waals surface area contributed by atoms with E-state index < -0.39 is 6.17 Å². The molecule has 2 N–H and O–H groups in total. The van der Waals surface area contributed by atoms with Gasteiger partial charge in [-0.3, -0.25) is 4.79 Å². The van der Waals surface area contributed by atoms with Crippen LogP contribution in [0.15, 0.2) is 47.5 Å². The van der Waals surface area contributed by atoms with Crippen LogP contribution in [0.4, 0.5) is 10.3 Å². The largest absolute Gasteiger partial charge is 0.507 e. The summed E-state index contributed by atoms with van der Waals surface area (Å²) in [5.74, 6) is 0.323. The molecule has 0 spiro atoms. The second kappa shape index (κ2) is 8.53. The highest BCUT2D eigenvalue weighted by molar-refractivity contribution is 5.73. The molecule has 2 aliphatic heterocycles. The molecule has 2 bridgehead atoms. The number of aromatic hydroxyl groups is 1. The highest BCUT2D eigenvalue weighted by Crippen LogP contribution is 2.32. The average Bonchev–Trinajstić information content (AvgIpc) is 2.83. The van der Waals surface area contributed by atoms with Crippen LogP contribution < -0.4 is 15.8 Å². The molecule has 0 amide bonds. The normalized spacial score (nSPS) is 24.5. The summed E-state index contributed by atoms with van der Waals surface area (Å²) in [6, 6.07) is 7.81. The molecule has 0 aliphatic carbocycles. The molecule has 2 saturated heterocycles. The minimum Gasteiger partial charge on any atom is -0.507 e. The molecule has 4 heterocycles. The third-order valence-corrected chi connectivity index (χ3v) is 6.42. The lowest BCUT2D eigenvalue weighted by Gasteiger charge is -2.45. The molecule has 33 heavy (non-hydrogen) atoms. The van der Waals surface area contributed by atoms with Gasteiger partial charge in [0.25, 0.3) is 5.56 Å². The standard InChI is InChI=1S/C23H25FN6O3/c1-29-6-5-14(8-21(29)32)13-3-4-16(20(31)7-13)17-10-25-23(28-27-17)30(2)19-9-15-11-33-12-18(26-15)22(19)24/h3-8,10,15,18-19,22,26,31H,9,11-12H2,1-2H3/t15-,18-,19+,22-/m0/s1. The lowest BCUT2D eigenvalue weighted by atomic mass is 9.90. The number of aromatic nitrogens is 4. The molecular weight excluding hydrogens is 427 g/mol. The number of pyridine rings is 1. The predicted molar refractivity (Wildman–Crippen MR) is 121 cm³/mol. The number of alkyl halides is 1. The summed E-state index contributed by atoms with van der Waals surface area (Å²) >= 11 is 0. The van der Waals surface area contributed by atoms with Crippen molar-refractivity contribution in [1.82, 2.24) is 25.1 Å². The van der Waals surface area contributed by atoms with E-state index in [4.69, 9.17) is 4.74 Å². The maximum absolute atomic E-state index is 15.0. The topological polar surface area (TPSA) is 105 Å². The second-order valence-electron chi connectivity index (χ2n) is 8.61. The first-order chi connectivity index (χ1) is 15.9. The van der Waals surface area contributed by atoms with Crippen LogP contribution in [-0.2, 0) is 11.8 Å². The number of phenols is 1. The number of hydrogen-bond acceptors (Lipinski definition) is 8. The third-order valence-electron chi connectivity index (χ3n) is 6.42. The number of hydrogen-bond donors (Lipinski definition) is 2. The lowest BCUT2D eigenvalue weighted by Crippen LogP contribution is -2.65.